The number of nitrogens with zero attached hydrogens (tertiary/aromatic N) is 1. The molecule has 1 fully saturated rings. The number of hydrogen-bond acceptors (Lipinski definition) is 4. The van der Waals surface area contributed by atoms with Crippen molar-refractivity contribution in [3.8, 4) is 0 Å². The lowest BCUT2D eigenvalue weighted by atomic mass is 10.1. The van der Waals surface area contributed by atoms with E-state index in [1.54, 1.807) is 0 Å². The number of benzene rings is 1. The predicted octanol–water partition coefficient (Wildman–Crippen LogP) is 1.78. The van der Waals surface area contributed by atoms with Crippen molar-refractivity contribution in [2.45, 2.75) is 13.0 Å². The maximum atomic E-state index is 11.8. The molecule has 110 valence electrons. The van der Waals surface area contributed by atoms with Gasteiger partial charge in [0.15, 0.2) is 0 Å². The van der Waals surface area contributed by atoms with Crippen molar-refractivity contribution in [1.29, 1.82) is 0 Å². The molecule has 1 aliphatic heterocycles. The van der Waals surface area contributed by atoms with Gasteiger partial charge in [0.2, 0.25) is 5.91 Å². The summed E-state index contributed by atoms with van der Waals surface area (Å²) in [6, 6.07) is 8.11. The van der Waals surface area contributed by atoms with Crippen molar-refractivity contribution in [3.63, 3.8) is 0 Å². The molecule has 0 aromatic heterocycles. The molecular formula is C15H23N3OS. The van der Waals surface area contributed by atoms with E-state index in [2.05, 4.69) is 21.6 Å². The van der Waals surface area contributed by atoms with Crippen LogP contribution in [0.5, 0.6) is 0 Å². The van der Waals surface area contributed by atoms with E-state index in [9.17, 15) is 4.79 Å². The number of amides is 1. The first-order valence-electron chi connectivity index (χ1n) is 7.12. The molecule has 1 aliphatic rings. The van der Waals surface area contributed by atoms with Crippen molar-refractivity contribution < 1.29 is 4.79 Å². The summed E-state index contributed by atoms with van der Waals surface area (Å²) in [4.78, 5) is 14.3. The molecule has 1 aromatic carbocycles. The average molecular weight is 293 g/mol. The standard InChI is InChI=1S/C15H23N3OS/c1-16-7-6-15(19)17-14-5-3-2-4-13(14)12-18-8-10-20-11-9-18/h2-5,16H,6-12H2,1H3,(H,17,19). The Balaban J connectivity index is 1.96. The van der Waals surface area contributed by atoms with E-state index in [4.69, 9.17) is 0 Å². The molecule has 1 amide bonds. The number of anilines is 1. The second kappa shape index (κ2) is 8.29. The van der Waals surface area contributed by atoms with E-state index in [0.717, 1.165) is 25.3 Å². The highest BCUT2D eigenvalue weighted by Gasteiger charge is 2.13. The van der Waals surface area contributed by atoms with E-state index in [-0.39, 0.29) is 5.91 Å². The lowest BCUT2D eigenvalue weighted by molar-refractivity contribution is -0.116. The Hall–Kier alpha value is -1.04. The lowest BCUT2D eigenvalue weighted by Gasteiger charge is -2.27. The monoisotopic (exact) mass is 293 g/mol. The van der Waals surface area contributed by atoms with Gasteiger partial charge in [0.25, 0.3) is 0 Å². The van der Waals surface area contributed by atoms with Gasteiger partial charge in [-0.3, -0.25) is 9.69 Å². The molecule has 0 atom stereocenters. The van der Waals surface area contributed by atoms with Crippen LogP contribution in [-0.4, -0.2) is 49.0 Å². The first-order valence-corrected chi connectivity index (χ1v) is 8.27. The van der Waals surface area contributed by atoms with Gasteiger partial charge in [0, 0.05) is 49.8 Å². The summed E-state index contributed by atoms with van der Waals surface area (Å²) in [5.74, 6) is 2.48. The number of carbonyl (C=O) groups is 1. The Kier molecular flexibility index (Phi) is 6.36. The van der Waals surface area contributed by atoms with Crippen molar-refractivity contribution in [1.82, 2.24) is 10.2 Å². The first kappa shape index (κ1) is 15.4. The highest BCUT2D eigenvalue weighted by molar-refractivity contribution is 7.99. The van der Waals surface area contributed by atoms with Gasteiger partial charge in [-0.05, 0) is 18.7 Å². The third kappa shape index (κ3) is 4.81. The van der Waals surface area contributed by atoms with Gasteiger partial charge in [0.05, 0.1) is 0 Å². The average Bonchev–Trinajstić information content (AvgIpc) is 2.48. The zero-order valence-corrected chi connectivity index (χ0v) is 12.8. The van der Waals surface area contributed by atoms with Crippen LogP contribution in [0.25, 0.3) is 0 Å². The normalized spacial score (nSPS) is 16.1. The van der Waals surface area contributed by atoms with Crippen LogP contribution in [0.4, 0.5) is 5.69 Å². The summed E-state index contributed by atoms with van der Waals surface area (Å²) in [6.45, 7) is 3.89. The Morgan fingerprint density at radius 3 is 2.80 bits per heavy atom. The molecule has 2 rings (SSSR count). The SMILES string of the molecule is CNCCC(=O)Nc1ccccc1CN1CCSCC1. The summed E-state index contributed by atoms with van der Waals surface area (Å²) in [7, 11) is 1.86. The van der Waals surface area contributed by atoms with Crippen LogP contribution < -0.4 is 10.6 Å². The molecule has 2 N–H and O–H groups in total. The number of para-hydroxylation sites is 1. The maximum Gasteiger partial charge on any atom is 0.225 e. The zero-order chi connectivity index (χ0) is 14.2. The Bertz CT molecular complexity index is 433. The molecule has 0 radical (unpaired) electrons. The van der Waals surface area contributed by atoms with Crippen molar-refractivity contribution in [3.05, 3.63) is 29.8 Å². The Morgan fingerprint density at radius 1 is 1.30 bits per heavy atom. The number of rotatable bonds is 6. The third-order valence-corrected chi connectivity index (χ3v) is 4.33. The minimum Gasteiger partial charge on any atom is -0.326 e. The Morgan fingerprint density at radius 2 is 2.05 bits per heavy atom. The van der Waals surface area contributed by atoms with Crippen LogP contribution in [0.3, 0.4) is 0 Å². The van der Waals surface area contributed by atoms with Gasteiger partial charge >= 0.3 is 0 Å². The fourth-order valence-corrected chi connectivity index (χ4v) is 3.21. The lowest BCUT2D eigenvalue weighted by Crippen LogP contribution is -2.32. The quantitative estimate of drug-likeness (QED) is 0.839. The second-order valence-corrected chi connectivity index (χ2v) is 6.17. The summed E-state index contributed by atoms with van der Waals surface area (Å²) in [6.07, 6.45) is 0.505. The summed E-state index contributed by atoms with van der Waals surface area (Å²) in [5.41, 5.74) is 2.16. The van der Waals surface area contributed by atoms with Crippen LogP contribution in [0.1, 0.15) is 12.0 Å². The van der Waals surface area contributed by atoms with Crippen molar-refractivity contribution in [2.24, 2.45) is 0 Å². The van der Waals surface area contributed by atoms with Crippen molar-refractivity contribution >= 4 is 23.4 Å². The molecule has 0 aliphatic carbocycles. The van der Waals surface area contributed by atoms with Gasteiger partial charge in [-0.25, -0.2) is 0 Å². The van der Waals surface area contributed by atoms with Gasteiger partial charge in [-0.2, -0.15) is 11.8 Å². The van der Waals surface area contributed by atoms with Gasteiger partial charge in [-0.1, -0.05) is 18.2 Å². The van der Waals surface area contributed by atoms with E-state index in [0.29, 0.717) is 13.0 Å². The van der Waals surface area contributed by atoms with Crippen LogP contribution in [0.2, 0.25) is 0 Å². The summed E-state index contributed by atoms with van der Waals surface area (Å²) in [5, 5.41) is 6.02. The van der Waals surface area contributed by atoms with E-state index < -0.39 is 0 Å². The number of hydrogen-bond donors (Lipinski definition) is 2. The van der Waals surface area contributed by atoms with E-state index in [1.165, 1.54) is 17.1 Å². The molecule has 0 saturated carbocycles. The molecule has 5 heteroatoms. The van der Waals surface area contributed by atoms with Crippen LogP contribution in [0, 0.1) is 0 Å². The molecule has 4 nitrogen and oxygen atoms in total. The molecule has 20 heavy (non-hydrogen) atoms. The fraction of sp³-hybridized carbons (Fsp3) is 0.533. The van der Waals surface area contributed by atoms with Crippen LogP contribution in [-0.2, 0) is 11.3 Å². The second-order valence-electron chi connectivity index (χ2n) is 4.95. The summed E-state index contributed by atoms with van der Waals surface area (Å²) >= 11 is 2.01. The van der Waals surface area contributed by atoms with E-state index >= 15 is 0 Å². The molecule has 0 unspecified atom stereocenters. The number of carbonyl (C=O) groups excluding carboxylic acids is 1. The molecule has 0 bridgehead atoms. The minimum atomic E-state index is 0.0704. The fourth-order valence-electron chi connectivity index (χ4n) is 2.23. The van der Waals surface area contributed by atoms with Crippen LogP contribution >= 0.6 is 11.8 Å². The molecule has 1 saturated heterocycles. The van der Waals surface area contributed by atoms with Gasteiger partial charge in [0.1, 0.15) is 0 Å². The zero-order valence-electron chi connectivity index (χ0n) is 12.0. The number of thioether (sulfide) groups is 1. The van der Waals surface area contributed by atoms with Gasteiger partial charge in [-0.15, -0.1) is 0 Å². The highest BCUT2D eigenvalue weighted by Crippen LogP contribution is 2.19. The van der Waals surface area contributed by atoms with Gasteiger partial charge < -0.3 is 10.6 Å². The van der Waals surface area contributed by atoms with E-state index in [1.807, 2.05) is 37.0 Å². The van der Waals surface area contributed by atoms with Crippen molar-refractivity contribution in [2.75, 3.05) is 43.5 Å². The molecule has 1 aromatic rings. The maximum absolute atomic E-state index is 11.8. The predicted molar refractivity (Wildman–Crippen MR) is 86.2 cm³/mol. The molecule has 1 heterocycles. The molecular weight excluding hydrogens is 270 g/mol. The third-order valence-electron chi connectivity index (χ3n) is 3.39. The Labute approximate surface area is 125 Å². The highest BCUT2D eigenvalue weighted by atomic mass is 32.2. The smallest absolute Gasteiger partial charge is 0.225 e. The van der Waals surface area contributed by atoms with Crippen LogP contribution in [0.15, 0.2) is 24.3 Å². The summed E-state index contributed by atoms with van der Waals surface area (Å²) < 4.78 is 0. The first-order chi connectivity index (χ1) is 9.79. The topological polar surface area (TPSA) is 44.4 Å². The minimum absolute atomic E-state index is 0.0704. The number of nitrogens with one attached hydrogen (secondary N) is 2. The largest absolute Gasteiger partial charge is 0.326 e. The molecule has 0 spiro atoms.